The van der Waals surface area contributed by atoms with Crippen molar-refractivity contribution in [2.75, 3.05) is 40.0 Å². The standard InChI is InChI=1S/C14H20N2O3S/c1-18-8-9-19-7-3-6-16-14(17)12-10-13(20-11-12)4-2-5-15/h10-11H,3,5-9,15H2,1H3,(H,16,17). The molecule has 0 spiro atoms. The van der Waals surface area contributed by atoms with Crippen molar-refractivity contribution in [1.29, 1.82) is 0 Å². The molecule has 3 N–H and O–H groups in total. The Hall–Kier alpha value is -1.39. The maximum Gasteiger partial charge on any atom is 0.252 e. The number of rotatable bonds is 8. The smallest absolute Gasteiger partial charge is 0.252 e. The van der Waals surface area contributed by atoms with Crippen LogP contribution in [0, 0.1) is 11.8 Å². The molecule has 0 aliphatic rings. The van der Waals surface area contributed by atoms with E-state index < -0.39 is 0 Å². The SMILES string of the molecule is COCCOCCCNC(=O)c1csc(C#CCN)c1. The molecular formula is C14H20N2O3S. The number of nitrogens with one attached hydrogen (secondary N) is 1. The van der Waals surface area contributed by atoms with Crippen LogP contribution in [0.1, 0.15) is 21.7 Å². The first-order valence-electron chi connectivity index (χ1n) is 6.40. The topological polar surface area (TPSA) is 73.6 Å². The van der Waals surface area contributed by atoms with Gasteiger partial charge in [-0.05, 0) is 12.5 Å². The zero-order valence-corrected chi connectivity index (χ0v) is 12.4. The van der Waals surface area contributed by atoms with Gasteiger partial charge >= 0.3 is 0 Å². The van der Waals surface area contributed by atoms with Gasteiger partial charge in [0, 0.05) is 25.6 Å². The van der Waals surface area contributed by atoms with E-state index in [-0.39, 0.29) is 5.91 Å². The van der Waals surface area contributed by atoms with Crippen LogP contribution in [-0.2, 0) is 9.47 Å². The van der Waals surface area contributed by atoms with Gasteiger partial charge in [-0.25, -0.2) is 0 Å². The maximum absolute atomic E-state index is 11.8. The molecule has 6 heteroatoms. The number of ether oxygens (including phenoxy) is 2. The first kappa shape index (κ1) is 16.7. The number of thiophene rings is 1. The molecular weight excluding hydrogens is 276 g/mol. The average molecular weight is 296 g/mol. The van der Waals surface area contributed by atoms with Crippen LogP contribution in [0.15, 0.2) is 11.4 Å². The summed E-state index contributed by atoms with van der Waals surface area (Å²) >= 11 is 1.44. The Labute approximate surface area is 123 Å². The highest BCUT2D eigenvalue weighted by Gasteiger charge is 2.06. The highest BCUT2D eigenvalue weighted by atomic mass is 32.1. The van der Waals surface area contributed by atoms with Crippen molar-refractivity contribution in [3.63, 3.8) is 0 Å². The van der Waals surface area contributed by atoms with E-state index in [0.29, 0.717) is 38.5 Å². The summed E-state index contributed by atoms with van der Waals surface area (Å²) in [4.78, 5) is 12.7. The Morgan fingerprint density at radius 3 is 3.05 bits per heavy atom. The lowest BCUT2D eigenvalue weighted by Crippen LogP contribution is -2.24. The molecule has 0 aliphatic carbocycles. The lowest BCUT2D eigenvalue weighted by atomic mass is 10.3. The summed E-state index contributed by atoms with van der Waals surface area (Å²) in [6.45, 7) is 2.69. The van der Waals surface area contributed by atoms with Gasteiger partial charge in [0.1, 0.15) is 0 Å². The Kier molecular flexibility index (Phi) is 8.67. The summed E-state index contributed by atoms with van der Waals surface area (Å²) in [5.41, 5.74) is 5.94. The van der Waals surface area contributed by atoms with Crippen LogP contribution >= 0.6 is 11.3 Å². The summed E-state index contributed by atoms with van der Waals surface area (Å²) in [6, 6.07) is 1.78. The van der Waals surface area contributed by atoms with E-state index in [2.05, 4.69) is 17.2 Å². The van der Waals surface area contributed by atoms with Crippen LogP contribution in [0.3, 0.4) is 0 Å². The van der Waals surface area contributed by atoms with E-state index in [1.165, 1.54) is 11.3 Å². The van der Waals surface area contributed by atoms with Crippen molar-refractivity contribution in [2.24, 2.45) is 5.73 Å². The number of nitrogens with two attached hydrogens (primary N) is 1. The van der Waals surface area contributed by atoms with Crippen LogP contribution in [0.2, 0.25) is 0 Å². The normalized spacial score (nSPS) is 9.90. The predicted octanol–water partition coefficient (Wildman–Crippen LogP) is 0.841. The van der Waals surface area contributed by atoms with Crippen molar-refractivity contribution >= 4 is 17.2 Å². The Bertz CT molecular complexity index is 462. The molecule has 110 valence electrons. The van der Waals surface area contributed by atoms with Crippen molar-refractivity contribution in [2.45, 2.75) is 6.42 Å². The highest BCUT2D eigenvalue weighted by Crippen LogP contribution is 2.13. The fourth-order valence-corrected chi connectivity index (χ4v) is 2.14. The van der Waals surface area contributed by atoms with Gasteiger partial charge in [0.25, 0.3) is 5.91 Å². The molecule has 0 radical (unpaired) electrons. The van der Waals surface area contributed by atoms with Gasteiger partial charge in [-0.15, -0.1) is 11.3 Å². The van der Waals surface area contributed by atoms with Gasteiger partial charge in [0.15, 0.2) is 0 Å². The molecule has 5 nitrogen and oxygen atoms in total. The molecule has 0 bridgehead atoms. The van der Waals surface area contributed by atoms with E-state index in [0.717, 1.165) is 11.3 Å². The summed E-state index contributed by atoms with van der Waals surface area (Å²) in [5.74, 6) is 5.59. The lowest BCUT2D eigenvalue weighted by Gasteiger charge is -2.05. The van der Waals surface area contributed by atoms with Crippen LogP contribution < -0.4 is 11.1 Å². The molecule has 0 aromatic carbocycles. The number of hydrogen-bond donors (Lipinski definition) is 2. The fraction of sp³-hybridized carbons (Fsp3) is 0.500. The highest BCUT2D eigenvalue weighted by molar-refractivity contribution is 7.10. The number of hydrogen-bond acceptors (Lipinski definition) is 5. The molecule has 0 atom stereocenters. The Morgan fingerprint density at radius 2 is 2.30 bits per heavy atom. The van der Waals surface area contributed by atoms with Crippen molar-refractivity contribution < 1.29 is 14.3 Å². The molecule has 1 amide bonds. The maximum atomic E-state index is 11.8. The fourth-order valence-electron chi connectivity index (χ4n) is 1.38. The molecule has 1 aromatic heterocycles. The largest absolute Gasteiger partial charge is 0.382 e. The Balaban J connectivity index is 2.20. The zero-order chi connectivity index (χ0) is 14.6. The van der Waals surface area contributed by atoms with E-state index >= 15 is 0 Å². The molecule has 20 heavy (non-hydrogen) atoms. The summed E-state index contributed by atoms with van der Waals surface area (Å²) < 4.78 is 10.2. The van der Waals surface area contributed by atoms with Gasteiger partial charge in [-0.1, -0.05) is 11.8 Å². The molecule has 1 aromatic rings. The first-order valence-corrected chi connectivity index (χ1v) is 7.28. The second-order valence-corrected chi connectivity index (χ2v) is 4.83. The van der Waals surface area contributed by atoms with Gasteiger partial charge in [-0.2, -0.15) is 0 Å². The molecule has 0 aliphatic heterocycles. The third-order valence-corrected chi connectivity index (χ3v) is 3.20. The average Bonchev–Trinajstić information content (AvgIpc) is 2.93. The molecule has 1 rings (SSSR count). The van der Waals surface area contributed by atoms with Crippen molar-refractivity contribution in [1.82, 2.24) is 5.32 Å². The van der Waals surface area contributed by atoms with Gasteiger partial charge in [-0.3, -0.25) is 4.79 Å². The number of carbonyl (C=O) groups is 1. The molecule has 0 unspecified atom stereocenters. The monoisotopic (exact) mass is 296 g/mol. The summed E-state index contributed by atoms with van der Waals surface area (Å²) in [6.07, 6.45) is 0.777. The predicted molar refractivity (Wildman–Crippen MR) is 79.9 cm³/mol. The second-order valence-electron chi connectivity index (χ2n) is 3.92. The zero-order valence-electron chi connectivity index (χ0n) is 11.6. The van der Waals surface area contributed by atoms with Gasteiger partial charge in [0.2, 0.25) is 0 Å². The minimum Gasteiger partial charge on any atom is -0.382 e. The minimum atomic E-state index is -0.0843. The third-order valence-electron chi connectivity index (χ3n) is 2.36. The van der Waals surface area contributed by atoms with E-state index in [4.69, 9.17) is 15.2 Å². The van der Waals surface area contributed by atoms with Crippen LogP contribution in [-0.4, -0.2) is 45.9 Å². The Morgan fingerprint density at radius 1 is 1.45 bits per heavy atom. The van der Waals surface area contributed by atoms with E-state index in [1.54, 1.807) is 18.6 Å². The van der Waals surface area contributed by atoms with E-state index in [1.807, 2.05) is 0 Å². The van der Waals surface area contributed by atoms with Crippen LogP contribution in [0.5, 0.6) is 0 Å². The van der Waals surface area contributed by atoms with Crippen LogP contribution in [0.25, 0.3) is 0 Å². The molecule has 0 saturated heterocycles. The molecule has 0 saturated carbocycles. The quantitative estimate of drug-likeness (QED) is 0.551. The third kappa shape index (κ3) is 6.68. The van der Waals surface area contributed by atoms with Crippen LogP contribution in [0.4, 0.5) is 0 Å². The van der Waals surface area contributed by atoms with Crippen molar-refractivity contribution in [3.05, 3.63) is 21.9 Å². The first-order chi connectivity index (χ1) is 9.77. The van der Waals surface area contributed by atoms with Crippen molar-refractivity contribution in [3.8, 4) is 11.8 Å². The van der Waals surface area contributed by atoms with Gasteiger partial charge < -0.3 is 20.5 Å². The number of methoxy groups -OCH3 is 1. The molecule has 1 heterocycles. The number of carbonyl (C=O) groups excluding carboxylic acids is 1. The minimum absolute atomic E-state index is 0.0843. The second kappa shape index (κ2) is 10.4. The molecule has 0 fully saturated rings. The van der Waals surface area contributed by atoms with E-state index in [9.17, 15) is 4.79 Å². The summed E-state index contributed by atoms with van der Waals surface area (Å²) in [5, 5.41) is 4.64. The summed E-state index contributed by atoms with van der Waals surface area (Å²) in [7, 11) is 1.64. The van der Waals surface area contributed by atoms with Gasteiger partial charge in [0.05, 0.1) is 30.2 Å². The lowest BCUT2D eigenvalue weighted by molar-refractivity contribution is 0.0688. The number of amides is 1.